The SMILES string of the molecule is CC(CO)Cn1cc(C#N)c2ccc(B3OC(C)(C)C(C)(C)O3)cc21. The zero-order valence-corrected chi connectivity index (χ0v) is 15.5. The zero-order chi connectivity index (χ0) is 18.4. The van der Waals surface area contributed by atoms with E-state index in [9.17, 15) is 10.4 Å². The van der Waals surface area contributed by atoms with Crippen LogP contribution >= 0.6 is 0 Å². The Kier molecular flexibility index (Phi) is 4.44. The normalized spacial score (nSPS) is 20.0. The van der Waals surface area contributed by atoms with Crippen molar-refractivity contribution in [3.8, 4) is 6.07 Å². The van der Waals surface area contributed by atoms with Crippen molar-refractivity contribution in [3.05, 3.63) is 30.0 Å². The molecule has 1 aromatic carbocycles. The lowest BCUT2D eigenvalue weighted by atomic mass is 9.78. The van der Waals surface area contributed by atoms with Crippen LogP contribution in [-0.4, -0.2) is 34.6 Å². The average Bonchev–Trinajstić information content (AvgIpc) is 3.00. The lowest BCUT2D eigenvalue weighted by Gasteiger charge is -2.32. The fourth-order valence-electron chi connectivity index (χ4n) is 3.07. The van der Waals surface area contributed by atoms with Gasteiger partial charge in [-0.25, -0.2) is 0 Å². The summed E-state index contributed by atoms with van der Waals surface area (Å²) in [4.78, 5) is 0. The average molecular weight is 340 g/mol. The smallest absolute Gasteiger partial charge is 0.399 e. The Labute approximate surface area is 149 Å². The number of nitrogens with zero attached hydrogens (tertiary/aromatic N) is 2. The molecule has 0 radical (unpaired) electrons. The van der Waals surface area contributed by atoms with Crippen LogP contribution in [0.1, 0.15) is 40.2 Å². The third-order valence-corrected chi connectivity index (χ3v) is 5.37. The molecule has 5 nitrogen and oxygen atoms in total. The van der Waals surface area contributed by atoms with Gasteiger partial charge in [-0.15, -0.1) is 0 Å². The van der Waals surface area contributed by atoms with Gasteiger partial charge in [0.15, 0.2) is 0 Å². The van der Waals surface area contributed by atoms with Crippen molar-refractivity contribution < 1.29 is 14.4 Å². The minimum Gasteiger partial charge on any atom is -0.399 e. The number of aromatic nitrogens is 1. The first-order chi connectivity index (χ1) is 11.7. The highest BCUT2D eigenvalue weighted by Crippen LogP contribution is 2.36. The molecular formula is C19H25BN2O3. The zero-order valence-electron chi connectivity index (χ0n) is 15.5. The molecule has 3 rings (SSSR count). The molecule has 1 saturated heterocycles. The van der Waals surface area contributed by atoms with E-state index in [1.54, 1.807) is 0 Å². The highest BCUT2D eigenvalue weighted by Gasteiger charge is 2.51. The number of hydrogen-bond acceptors (Lipinski definition) is 4. The van der Waals surface area contributed by atoms with Gasteiger partial charge in [0.05, 0.1) is 16.8 Å². The number of rotatable bonds is 4. The molecule has 0 spiro atoms. The standard InChI is InChI=1S/C19H25BN2O3/c1-13(12-23)10-22-11-14(9-21)16-7-6-15(8-17(16)22)20-24-18(2,3)19(4,5)25-20/h6-8,11,13,23H,10,12H2,1-5H3. The highest BCUT2D eigenvalue weighted by atomic mass is 16.7. The molecule has 25 heavy (non-hydrogen) atoms. The first kappa shape index (κ1) is 18.0. The third-order valence-electron chi connectivity index (χ3n) is 5.37. The summed E-state index contributed by atoms with van der Waals surface area (Å²) < 4.78 is 14.3. The molecule has 1 aliphatic heterocycles. The Morgan fingerprint density at radius 3 is 2.44 bits per heavy atom. The van der Waals surface area contributed by atoms with Crippen LogP contribution in [0.15, 0.2) is 24.4 Å². The van der Waals surface area contributed by atoms with Crippen LogP contribution in [0, 0.1) is 17.2 Å². The Balaban J connectivity index is 2.02. The van der Waals surface area contributed by atoms with E-state index in [4.69, 9.17) is 9.31 Å². The predicted molar refractivity (Wildman–Crippen MR) is 98.6 cm³/mol. The quantitative estimate of drug-likeness (QED) is 0.868. The van der Waals surface area contributed by atoms with E-state index < -0.39 is 18.3 Å². The lowest BCUT2D eigenvalue weighted by molar-refractivity contribution is 0.00578. The van der Waals surface area contributed by atoms with Gasteiger partial charge in [-0.1, -0.05) is 19.1 Å². The molecule has 6 heteroatoms. The van der Waals surface area contributed by atoms with Crippen molar-refractivity contribution in [2.24, 2.45) is 5.92 Å². The molecular weight excluding hydrogens is 315 g/mol. The number of nitriles is 1. The fraction of sp³-hybridized carbons (Fsp3) is 0.526. The number of benzene rings is 1. The van der Waals surface area contributed by atoms with Crippen molar-refractivity contribution in [1.82, 2.24) is 4.57 Å². The maximum absolute atomic E-state index is 9.40. The van der Waals surface area contributed by atoms with E-state index in [1.165, 1.54) is 0 Å². The van der Waals surface area contributed by atoms with Crippen LogP contribution in [0.25, 0.3) is 10.9 Å². The highest BCUT2D eigenvalue weighted by molar-refractivity contribution is 6.62. The number of aliphatic hydroxyl groups is 1. The largest absolute Gasteiger partial charge is 0.494 e. The summed E-state index contributed by atoms with van der Waals surface area (Å²) in [5.41, 5.74) is 1.76. The van der Waals surface area contributed by atoms with Gasteiger partial charge in [0.1, 0.15) is 6.07 Å². The van der Waals surface area contributed by atoms with Crippen LogP contribution in [0.5, 0.6) is 0 Å². The van der Waals surface area contributed by atoms with E-state index in [2.05, 4.69) is 6.07 Å². The molecule has 2 aromatic rings. The maximum atomic E-state index is 9.40. The molecule has 0 bridgehead atoms. The predicted octanol–water partition coefficient (Wildman–Crippen LogP) is 2.44. The molecule has 0 aliphatic carbocycles. The van der Waals surface area contributed by atoms with Crippen molar-refractivity contribution in [1.29, 1.82) is 5.26 Å². The molecule has 1 unspecified atom stereocenters. The second-order valence-corrected chi connectivity index (χ2v) is 7.96. The van der Waals surface area contributed by atoms with Gasteiger partial charge in [-0.3, -0.25) is 0 Å². The van der Waals surface area contributed by atoms with Crippen molar-refractivity contribution in [2.75, 3.05) is 6.61 Å². The van der Waals surface area contributed by atoms with Crippen LogP contribution in [0.4, 0.5) is 0 Å². The number of fused-ring (bicyclic) bond motifs is 1. The minimum atomic E-state index is -0.432. The molecule has 132 valence electrons. The van der Waals surface area contributed by atoms with E-state index in [1.807, 2.05) is 63.6 Å². The summed E-state index contributed by atoms with van der Waals surface area (Å²) in [7, 11) is -0.432. The van der Waals surface area contributed by atoms with Gasteiger partial charge in [0.25, 0.3) is 0 Å². The van der Waals surface area contributed by atoms with Crippen LogP contribution < -0.4 is 5.46 Å². The Hall–Kier alpha value is -1.81. The molecule has 1 atom stereocenters. The summed E-state index contributed by atoms with van der Waals surface area (Å²) in [5, 5.41) is 19.7. The van der Waals surface area contributed by atoms with Gasteiger partial charge in [-0.2, -0.15) is 5.26 Å². The van der Waals surface area contributed by atoms with Gasteiger partial charge < -0.3 is 19.0 Å². The third kappa shape index (κ3) is 3.08. The van der Waals surface area contributed by atoms with Gasteiger partial charge >= 0.3 is 7.12 Å². The Morgan fingerprint density at radius 1 is 1.24 bits per heavy atom. The number of aliphatic hydroxyl groups excluding tert-OH is 1. The summed E-state index contributed by atoms with van der Waals surface area (Å²) in [6.07, 6.45) is 1.85. The Morgan fingerprint density at radius 2 is 1.88 bits per heavy atom. The lowest BCUT2D eigenvalue weighted by Crippen LogP contribution is -2.41. The summed E-state index contributed by atoms with van der Waals surface area (Å²) >= 11 is 0. The summed E-state index contributed by atoms with van der Waals surface area (Å²) in [5.74, 6) is 0.114. The molecule has 1 aliphatic rings. The van der Waals surface area contributed by atoms with Crippen molar-refractivity contribution in [2.45, 2.75) is 52.4 Å². The topological polar surface area (TPSA) is 67.4 Å². The van der Waals surface area contributed by atoms with E-state index in [0.29, 0.717) is 12.1 Å². The van der Waals surface area contributed by atoms with Crippen LogP contribution in [0.2, 0.25) is 0 Å². The first-order valence-electron chi connectivity index (χ1n) is 8.68. The molecule has 2 heterocycles. The summed E-state index contributed by atoms with van der Waals surface area (Å²) in [6.45, 7) is 10.9. The van der Waals surface area contributed by atoms with Crippen LogP contribution in [0.3, 0.4) is 0 Å². The first-order valence-corrected chi connectivity index (χ1v) is 8.68. The van der Waals surface area contributed by atoms with E-state index in [0.717, 1.165) is 16.4 Å². The van der Waals surface area contributed by atoms with E-state index >= 15 is 0 Å². The molecule has 1 fully saturated rings. The van der Waals surface area contributed by atoms with E-state index in [-0.39, 0.29) is 12.5 Å². The molecule has 0 amide bonds. The second-order valence-electron chi connectivity index (χ2n) is 7.96. The second kappa shape index (κ2) is 6.17. The molecule has 1 aromatic heterocycles. The van der Waals surface area contributed by atoms with Gasteiger partial charge in [0, 0.05) is 30.3 Å². The van der Waals surface area contributed by atoms with Gasteiger partial charge in [-0.05, 0) is 45.1 Å². The Bertz CT molecular complexity index is 819. The molecule has 1 N–H and O–H groups in total. The summed E-state index contributed by atoms with van der Waals surface area (Å²) in [6, 6.07) is 8.20. The van der Waals surface area contributed by atoms with Crippen LogP contribution in [-0.2, 0) is 15.9 Å². The van der Waals surface area contributed by atoms with Crippen molar-refractivity contribution >= 4 is 23.5 Å². The monoisotopic (exact) mass is 340 g/mol. The number of hydrogen-bond donors (Lipinski definition) is 1. The molecule has 0 saturated carbocycles. The minimum absolute atomic E-state index is 0.110. The maximum Gasteiger partial charge on any atom is 0.494 e. The van der Waals surface area contributed by atoms with Gasteiger partial charge in [0.2, 0.25) is 0 Å². The fourth-order valence-corrected chi connectivity index (χ4v) is 3.07. The van der Waals surface area contributed by atoms with Crippen molar-refractivity contribution in [3.63, 3.8) is 0 Å².